The topological polar surface area (TPSA) is 99.2 Å². The monoisotopic (exact) mass is 354 g/mol. The van der Waals surface area contributed by atoms with Crippen molar-refractivity contribution in [3.05, 3.63) is 36.0 Å². The highest BCUT2D eigenvalue weighted by Gasteiger charge is 2.33. The molecular formula is C14H15ClN4O3S. The van der Waals surface area contributed by atoms with Crippen molar-refractivity contribution in [1.29, 1.82) is 5.26 Å². The van der Waals surface area contributed by atoms with Gasteiger partial charge in [0, 0.05) is 31.7 Å². The lowest BCUT2D eigenvalue weighted by Gasteiger charge is -2.25. The van der Waals surface area contributed by atoms with Gasteiger partial charge in [0.25, 0.3) is 15.1 Å². The Morgan fingerprint density at radius 1 is 1.22 bits per heavy atom. The molecule has 0 saturated carbocycles. The van der Waals surface area contributed by atoms with Crippen LogP contribution in [0.2, 0.25) is 0 Å². The Balaban J connectivity index is 0.00000192. The van der Waals surface area contributed by atoms with E-state index in [4.69, 9.17) is 4.42 Å². The minimum absolute atomic E-state index is 0. The molecule has 1 N–H and O–H groups in total. The lowest BCUT2D eigenvalue weighted by Crippen LogP contribution is -2.46. The lowest BCUT2D eigenvalue weighted by atomic mass is 10.2. The van der Waals surface area contributed by atoms with Gasteiger partial charge in [-0.3, -0.25) is 0 Å². The van der Waals surface area contributed by atoms with Crippen LogP contribution >= 0.6 is 12.4 Å². The van der Waals surface area contributed by atoms with E-state index in [0.29, 0.717) is 31.7 Å². The summed E-state index contributed by atoms with van der Waals surface area (Å²) in [5.74, 6) is 0.130. The highest BCUT2D eigenvalue weighted by atomic mass is 35.5. The molecule has 1 aliphatic heterocycles. The van der Waals surface area contributed by atoms with E-state index in [2.05, 4.69) is 10.3 Å². The average molecular weight is 355 g/mol. The fraction of sp³-hybridized carbons (Fsp3) is 0.286. The van der Waals surface area contributed by atoms with E-state index in [-0.39, 0.29) is 29.1 Å². The molecule has 1 aromatic carbocycles. The van der Waals surface area contributed by atoms with E-state index in [0.717, 1.165) is 0 Å². The van der Waals surface area contributed by atoms with Crippen molar-refractivity contribution in [2.45, 2.75) is 5.09 Å². The van der Waals surface area contributed by atoms with Crippen molar-refractivity contribution >= 4 is 22.4 Å². The van der Waals surface area contributed by atoms with Crippen molar-refractivity contribution < 1.29 is 12.8 Å². The molecule has 23 heavy (non-hydrogen) atoms. The molecule has 1 aromatic heterocycles. The van der Waals surface area contributed by atoms with E-state index >= 15 is 0 Å². The van der Waals surface area contributed by atoms with Crippen LogP contribution in [0.15, 0.2) is 39.8 Å². The summed E-state index contributed by atoms with van der Waals surface area (Å²) in [6.07, 6.45) is 0. The van der Waals surface area contributed by atoms with Crippen LogP contribution in [0.1, 0.15) is 5.69 Å². The first-order valence-corrected chi connectivity index (χ1v) is 8.24. The number of nitriles is 1. The first-order valence-electron chi connectivity index (χ1n) is 6.80. The Labute approximate surface area is 140 Å². The van der Waals surface area contributed by atoms with E-state index in [1.807, 2.05) is 6.07 Å². The van der Waals surface area contributed by atoms with Gasteiger partial charge in [-0.05, 0) is 12.1 Å². The Morgan fingerprint density at radius 2 is 1.87 bits per heavy atom. The fourth-order valence-corrected chi connectivity index (χ4v) is 3.68. The Morgan fingerprint density at radius 3 is 2.48 bits per heavy atom. The van der Waals surface area contributed by atoms with Gasteiger partial charge >= 0.3 is 0 Å². The zero-order valence-electron chi connectivity index (χ0n) is 12.1. The molecule has 0 bridgehead atoms. The molecule has 0 aliphatic carbocycles. The second-order valence-corrected chi connectivity index (χ2v) is 6.62. The number of hydrogen-bond donors (Lipinski definition) is 1. The van der Waals surface area contributed by atoms with Gasteiger partial charge < -0.3 is 9.73 Å². The number of nitrogens with one attached hydrogen (secondary N) is 1. The third-order valence-corrected chi connectivity index (χ3v) is 5.16. The molecule has 1 aliphatic rings. The number of benzene rings is 1. The maximum Gasteiger partial charge on any atom is 0.279 e. The van der Waals surface area contributed by atoms with Crippen LogP contribution in [-0.2, 0) is 10.0 Å². The van der Waals surface area contributed by atoms with Crippen LogP contribution in [0.5, 0.6) is 0 Å². The van der Waals surface area contributed by atoms with Crippen LogP contribution in [-0.4, -0.2) is 43.9 Å². The van der Waals surface area contributed by atoms with Gasteiger partial charge in [-0.15, -0.1) is 12.4 Å². The van der Waals surface area contributed by atoms with Gasteiger partial charge in [0.1, 0.15) is 6.07 Å². The number of piperazine rings is 1. The zero-order valence-corrected chi connectivity index (χ0v) is 13.7. The second-order valence-electron chi connectivity index (χ2n) is 4.79. The molecule has 9 heteroatoms. The molecule has 1 fully saturated rings. The average Bonchev–Trinajstić information content (AvgIpc) is 3.02. The number of rotatable bonds is 3. The number of oxazole rings is 1. The molecule has 7 nitrogen and oxygen atoms in total. The van der Waals surface area contributed by atoms with Crippen molar-refractivity contribution in [3.8, 4) is 17.5 Å². The Bertz CT molecular complexity index is 808. The van der Waals surface area contributed by atoms with Gasteiger partial charge in [0.15, 0.2) is 5.69 Å². The van der Waals surface area contributed by atoms with E-state index < -0.39 is 10.0 Å². The summed E-state index contributed by atoms with van der Waals surface area (Å²) in [5, 5.41) is 11.9. The molecule has 2 heterocycles. The maximum absolute atomic E-state index is 12.6. The van der Waals surface area contributed by atoms with Gasteiger partial charge in [-0.1, -0.05) is 18.2 Å². The summed E-state index contributed by atoms with van der Waals surface area (Å²) >= 11 is 0. The molecule has 122 valence electrons. The minimum atomic E-state index is -3.85. The highest BCUT2D eigenvalue weighted by molar-refractivity contribution is 7.89. The second kappa shape index (κ2) is 7.10. The highest BCUT2D eigenvalue weighted by Crippen LogP contribution is 2.27. The standard InChI is InChI=1S/C14H14N4O3S.ClH/c15-10-12-14(22(19,20)18-8-6-16-7-9-18)21-13(17-12)11-4-2-1-3-5-11;/h1-5,16H,6-9H2;1H. The van der Waals surface area contributed by atoms with Gasteiger partial charge in [0.2, 0.25) is 5.89 Å². The molecule has 0 radical (unpaired) electrons. The quantitative estimate of drug-likeness (QED) is 0.889. The normalized spacial score (nSPS) is 15.6. The summed E-state index contributed by atoms with van der Waals surface area (Å²) in [4.78, 5) is 4.01. The molecule has 1 saturated heterocycles. The summed E-state index contributed by atoms with van der Waals surface area (Å²) in [6, 6.07) is 10.7. The van der Waals surface area contributed by atoms with Gasteiger partial charge in [-0.25, -0.2) is 8.42 Å². The smallest absolute Gasteiger partial charge is 0.279 e. The molecule has 2 aromatic rings. The van der Waals surface area contributed by atoms with Crippen molar-refractivity contribution in [2.75, 3.05) is 26.2 Å². The van der Waals surface area contributed by atoms with E-state index in [1.54, 1.807) is 30.3 Å². The third-order valence-electron chi connectivity index (χ3n) is 3.37. The summed E-state index contributed by atoms with van der Waals surface area (Å²) in [7, 11) is -3.85. The van der Waals surface area contributed by atoms with E-state index in [9.17, 15) is 13.7 Å². The van der Waals surface area contributed by atoms with Crippen molar-refractivity contribution in [1.82, 2.24) is 14.6 Å². The molecule has 3 rings (SSSR count). The van der Waals surface area contributed by atoms with Crippen LogP contribution in [0.4, 0.5) is 0 Å². The van der Waals surface area contributed by atoms with Crippen molar-refractivity contribution in [2.24, 2.45) is 0 Å². The van der Waals surface area contributed by atoms with Crippen LogP contribution in [0.3, 0.4) is 0 Å². The largest absolute Gasteiger partial charge is 0.422 e. The molecule has 0 amide bonds. The number of halogens is 1. The molecule has 0 atom stereocenters. The molecular weight excluding hydrogens is 340 g/mol. The van der Waals surface area contributed by atoms with Crippen LogP contribution in [0, 0.1) is 11.3 Å². The summed E-state index contributed by atoms with van der Waals surface area (Å²) < 4.78 is 32.0. The van der Waals surface area contributed by atoms with E-state index in [1.165, 1.54) is 4.31 Å². The first-order chi connectivity index (χ1) is 10.6. The predicted octanol–water partition coefficient (Wildman–Crippen LogP) is 1.23. The van der Waals surface area contributed by atoms with Crippen molar-refractivity contribution in [3.63, 3.8) is 0 Å². The number of aromatic nitrogens is 1. The maximum atomic E-state index is 12.6. The molecule has 0 spiro atoms. The van der Waals surface area contributed by atoms with Crippen LogP contribution in [0.25, 0.3) is 11.5 Å². The Kier molecular flexibility index (Phi) is 5.38. The summed E-state index contributed by atoms with van der Waals surface area (Å²) in [5.41, 5.74) is 0.415. The van der Waals surface area contributed by atoms with Gasteiger partial charge in [0.05, 0.1) is 0 Å². The van der Waals surface area contributed by atoms with Gasteiger partial charge in [-0.2, -0.15) is 14.6 Å². The van der Waals surface area contributed by atoms with Crippen LogP contribution < -0.4 is 5.32 Å². The third kappa shape index (κ3) is 3.38. The zero-order chi connectivity index (χ0) is 15.6. The Hall–Kier alpha value is -1.92. The minimum Gasteiger partial charge on any atom is -0.422 e. The predicted molar refractivity (Wildman–Crippen MR) is 85.5 cm³/mol. The first kappa shape index (κ1) is 17.4. The number of hydrogen-bond acceptors (Lipinski definition) is 6. The summed E-state index contributed by atoms with van der Waals surface area (Å²) in [6.45, 7) is 1.82. The lowest BCUT2D eigenvalue weighted by molar-refractivity contribution is 0.344. The fourth-order valence-electron chi connectivity index (χ4n) is 2.26. The number of nitrogens with zero attached hydrogens (tertiary/aromatic N) is 3. The number of sulfonamides is 1. The SMILES string of the molecule is Cl.N#Cc1nc(-c2ccccc2)oc1S(=O)(=O)N1CCNCC1. The molecule has 0 unspecified atom stereocenters.